The van der Waals surface area contributed by atoms with Gasteiger partial charge in [0.1, 0.15) is 0 Å². The van der Waals surface area contributed by atoms with Crippen molar-refractivity contribution in [3.63, 3.8) is 0 Å². The maximum absolute atomic E-state index is 5.14. The molecule has 0 radical (unpaired) electrons. The van der Waals surface area contributed by atoms with Crippen molar-refractivity contribution in [3.8, 4) is 11.4 Å². The number of nitrogens with one attached hydrogen (secondary N) is 1. The lowest BCUT2D eigenvalue weighted by atomic mass is 10.1. The topological polar surface area (TPSA) is 63.8 Å². The highest BCUT2D eigenvalue weighted by Crippen LogP contribution is 2.21. The van der Waals surface area contributed by atoms with Crippen LogP contribution in [-0.2, 0) is 6.42 Å². The Hall–Kier alpha value is -1.91. The first-order chi connectivity index (χ1) is 8.20. The summed E-state index contributed by atoms with van der Waals surface area (Å²) in [7, 11) is 0. The molecule has 0 aromatic carbocycles. The van der Waals surface area contributed by atoms with Crippen LogP contribution < -0.4 is 5.32 Å². The Morgan fingerprint density at radius 2 is 2.24 bits per heavy atom. The van der Waals surface area contributed by atoms with Crippen molar-refractivity contribution in [2.24, 2.45) is 0 Å². The number of pyridine rings is 1. The number of anilines is 1. The lowest BCUT2D eigenvalue weighted by molar-refractivity contribution is 0.429. The maximum atomic E-state index is 5.14. The van der Waals surface area contributed by atoms with Crippen LogP contribution in [-0.4, -0.2) is 21.2 Å². The minimum Gasteiger partial charge on any atom is -0.336 e. The van der Waals surface area contributed by atoms with E-state index in [4.69, 9.17) is 4.52 Å². The molecule has 0 unspecified atom stereocenters. The van der Waals surface area contributed by atoms with Crippen molar-refractivity contribution >= 4 is 6.01 Å². The van der Waals surface area contributed by atoms with Crippen molar-refractivity contribution in [1.82, 2.24) is 15.1 Å². The van der Waals surface area contributed by atoms with Crippen LogP contribution in [0.4, 0.5) is 6.01 Å². The summed E-state index contributed by atoms with van der Waals surface area (Å²) in [5.74, 6) is 0.604. The highest BCUT2D eigenvalue weighted by molar-refractivity contribution is 5.59. The van der Waals surface area contributed by atoms with E-state index >= 15 is 0 Å². The van der Waals surface area contributed by atoms with Crippen LogP contribution in [0.5, 0.6) is 0 Å². The van der Waals surface area contributed by atoms with E-state index in [1.54, 1.807) is 6.20 Å². The summed E-state index contributed by atoms with van der Waals surface area (Å²) < 4.78 is 5.14. The molecule has 1 N–H and O–H groups in total. The Labute approximate surface area is 100 Å². The number of aromatic nitrogens is 3. The van der Waals surface area contributed by atoms with Crippen molar-refractivity contribution in [2.75, 3.05) is 5.32 Å². The Kier molecular flexibility index (Phi) is 3.37. The summed E-state index contributed by atoms with van der Waals surface area (Å²) in [6.45, 7) is 6.12. The molecule has 0 saturated carbocycles. The van der Waals surface area contributed by atoms with Gasteiger partial charge in [-0.25, -0.2) is 0 Å². The highest BCUT2D eigenvalue weighted by atomic mass is 16.5. The molecule has 0 aliphatic heterocycles. The molecule has 17 heavy (non-hydrogen) atoms. The molecule has 2 rings (SSSR count). The average Bonchev–Trinajstić information content (AvgIpc) is 2.76. The summed E-state index contributed by atoms with van der Waals surface area (Å²) in [5, 5.41) is 7.05. The van der Waals surface area contributed by atoms with Crippen LogP contribution >= 0.6 is 0 Å². The number of aryl methyl sites for hydroxylation is 1. The predicted octanol–water partition coefficient (Wildman–Crippen LogP) is 2.51. The lowest BCUT2D eigenvalue weighted by Crippen LogP contribution is -2.09. The first-order valence-corrected chi connectivity index (χ1v) is 5.74. The van der Waals surface area contributed by atoms with E-state index in [9.17, 15) is 0 Å². The largest absolute Gasteiger partial charge is 0.336 e. The number of hydrogen-bond donors (Lipinski definition) is 1. The van der Waals surface area contributed by atoms with E-state index in [0.717, 1.165) is 17.5 Å². The molecule has 90 valence electrons. The fourth-order valence-corrected chi connectivity index (χ4v) is 1.57. The van der Waals surface area contributed by atoms with E-state index in [2.05, 4.69) is 27.4 Å². The van der Waals surface area contributed by atoms with E-state index in [-0.39, 0.29) is 6.04 Å². The van der Waals surface area contributed by atoms with Crippen LogP contribution in [0.1, 0.15) is 26.3 Å². The second-order valence-electron chi connectivity index (χ2n) is 4.11. The Bertz CT molecular complexity index is 493. The van der Waals surface area contributed by atoms with Gasteiger partial charge in [0.15, 0.2) is 0 Å². The molecule has 5 heteroatoms. The molecule has 0 aliphatic rings. The third-order valence-corrected chi connectivity index (χ3v) is 2.36. The first kappa shape index (κ1) is 11.6. The average molecular weight is 232 g/mol. The monoisotopic (exact) mass is 232 g/mol. The quantitative estimate of drug-likeness (QED) is 0.877. The van der Waals surface area contributed by atoms with E-state index in [1.165, 1.54) is 0 Å². The fraction of sp³-hybridized carbons (Fsp3) is 0.417. The third kappa shape index (κ3) is 2.61. The second kappa shape index (κ2) is 4.95. The number of hydrogen-bond acceptors (Lipinski definition) is 5. The molecule has 0 spiro atoms. The van der Waals surface area contributed by atoms with Crippen molar-refractivity contribution in [2.45, 2.75) is 33.2 Å². The van der Waals surface area contributed by atoms with Gasteiger partial charge in [-0.3, -0.25) is 4.98 Å². The summed E-state index contributed by atoms with van der Waals surface area (Å²) >= 11 is 0. The Morgan fingerprint density at radius 1 is 1.41 bits per heavy atom. The molecule has 0 atom stereocenters. The molecule has 0 saturated heterocycles. The zero-order chi connectivity index (χ0) is 12.3. The minimum absolute atomic E-state index is 0.270. The van der Waals surface area contributed by atoms with Gasteiger partial charge in [0, 0.05) is 24.0 Å². The van der Waals surface area contributed by atoms with Crippen LogP contribution in [0.15, 0.2) is 23.0 Å². The highest BCUT2D eigenvalue weighted by Gasteiger charge is 2.11. The van der Waals surface area contributed by atoms with Crippen LogP contribution in [0, 0.1) is 0 Å². The van der Waals surface area contributed by atoms with Gasteiger partial charge >= 0.3 is 6.01 Å². The molecular formula is C12H16N4O. The van der Waals surface area contributed by atoms with Crippen LogP contribution in [0.3, 0.4) is 0 Å². The number of rotatable bonds is 4. The molecule has 0 aliphatic carbocycles. The fourth-order valence-electron chi connectivity index (χ4n) is 1.57. The Morgan fingerprint density at radius 3 is 2.94 bits per heavy atom. The number of nitrogens with zero attached hydrogens (tertiary/aromatic N) is 3. The van der Waals surface area contributed by atoms with E-state index in [1.807, 2.05) is 26.1 Å². The minimum atomic E-state index is 0.270. The SMILES string of the molecule is CCc1cnccc1-c1noc(NC(C)C)n1. The van der Waals surface area contributed by atoms with Crippen molar-refractivity contribution in [3.05, 3.63) is 24.0 Å². The first-order valence-electron chi connectivity index (χ1n) is 5.74. The summed E-state index contributed by atoms with van der Waals surface area (Å²) in [6.07, 6.45) is 4.46. The molecule has 2 aromatic rings. The van der Waals surface area contributed by atoms with Gasteiger partial charge < -0.3 is 9.84 Å². The molecule has 0 amide bonds. The molecule has 0 fully saturated rings. The zero-order valence-electron chi connectivity index (χ0n) is 10.3. The predicted molar refractivity (Wildman–Crippen MR) is 65.7 cm³/mol. The van der Waals surface area contributed by atoms with Gasteiger partial charge in [-0.1, -0.05) is 12.1 Å². The third-order valence-electron chi connectivity index (χ3n) is 2.36. The molecule has 0 bridgehead atoms. The van der Waals surface area contributed by atoms with Crippen LogP contribution in [0.2, 0.25) is 0 Å². The van der Waals surface area contributed by atoms with E-state index < -0.39 is 0 Å². The zero-order valence-corrected chi connectivity index (χ0v) is 10.3. The molecule has 2 heterocycles. The molecule has 2 aromatic heterocycles. The Balaban J connectivity index is 2.30. The van der Waals surface area contributed by atoms with Crippen molar-refractivity contribution < 1.29 is 4.52 Å². The lowest BCUT2D eigenvalue weighted by Gasteiger charge is -2.02. The van der Waals surface area contributed by atoms with Crippen LogP contribution in [0.25, 0.3) is 11.4 Å². The van der Waals surface area contributed by atoms with Gasteiger partial charge in [0.25, 0.3) is 0 Å². The van der Waals surface area contributed by atoms with Gasteiger partial charge in [-0.05, 0) is 31.9 Å². The summed E-state index contributed by atoms with van der Waals surface area (Å²) in [5.41, 5.74) is 2.09. The molecular weight excluding hydrogens is 216 g/mol. The summed E-state index contributed by atoms with van der Waals surface area (Å²) in [4.78, 5) is 8.41. The van der Waals surface area contributed by atoms with Gasteiger partial charge in [0.05, 0.1) is 0 Å². The van der Waals surface area contributed by atoms with Gasteiger partial charge in [-0.15, -0.1) is 0 Å². The van der Waals surface area contributed by atoms with Gasteiger partial charge in [0.2, 0.25) is 5.82 Å². The standard InChI is InChI=1S/C12H16N4O/c1-4-9-7-13-6-5-10(9)11-15-12(17-16-11)14-8(2)3/h5-8H,4H2,1-3H3,(H,14,15,16). The maximum Gasteiger partial charge on any atom is 0.321 e. The molecule has 5 nitrogen and oxygen atoms in total. The van der Waals surface area contributed by atoms with E-state index in [0.29, 0.717) is 11.8 Å². The van der Waals surface area contributed by atoms with Crippen molar-refractivity contribution in [1.29, 1.82) is 0 Å². The summed E-state index contributed by atoms with van der Waals surface area (Å²) in [6, 6.07) is 2.63. The normalized spacial score (nSPS) is 10.8. The smallest absolute Gasteiger partial charge is 0.321 e. The second-order valence-corrected chi connectivity index (χ2v) is 4.11. The van der Waals surface area contributed by atoms with Gasteiger partial charge in [-0.2, -0.15) is 4.98 Å².